The van der Waals surface area contributed by atoms with Crippen molar-refractivity contribution in [3.05, 3.63) is 44.7 Å². The zero-order valence-electron chi connectivity index (χ0n) is 9.82. The lowest BCUT2D eigenvalue weighted by Crippen LogP contribution is -1.98. The number of benzene rings is 1. The number of methoxy groups -OCH3 is 1. The fourth-order valence-electron chi connectivity index (χ4n) is 1.58. The third-order valence-corrected chi connectivity index (χ3v) is 3.53. The van der Waals surface area contributed by atoms with E-state index in [1.54, 1.807) is 18.2 Å². The Hall–Kier alpha value is -1.25. The second-order valence-corrected chi connectivity index (χ2v) is 4.84. The molecule has 1 heterocycles. The zero-order valence-corrected chi connectivity index (χ0v) is 12.1. The van der Waals surface area contributed by atoms with Crippen LogP contribution in [0.5, 0.6) is 0 Å². The van der Waals surface area contributed by atoms with Crippen molar-refractivity contribution in [2.45, 2.75) is 6.61 Å². The van der Waals surface area contributed by atoms with Crippen LogP contribution in [0.1, 0.15) is 11.3 Å². The van der Waals surface area contributed by atoms with Crippen molar-refractivity contribution < 1.29 is 4.74 Å². The van der Waals surface area contributed by atoms with Gasteiger partial charge in [-0.3, -0.25) is 0 Å². The van der Waals surface area contributed by atoms with Gasteiger partial charge in [0.25, 0.3) is 0 Å². The Labute approximate surface area is 125 Å². The lowest BCUT2D eigenvalue weighted by molar-refractivity contribution is 0.181. The van der Waals surface area contributed by atoms with Gasteiger partial charge in [0.15, 0.2) is 5.15 Å². The Bertz CT molecular complexity index is 661. The number of rotatable bonds is 3. The van der Waals surface area contributed by atoms with Crippen LogP contribution in [0.3, 0.4) is 0 Å². The molecule has 4 nitrogen and oxygen atoms in total. The number of hydrogen-bond donors (Lipinski definition) is 0. The van der Waals surface area contributed by atoms with Gasteiger partial charge in [0.05, 0.1) is 22.3 Å². The number of nitriles is 1. The number of aromatic nitrogens is 2. The molecule has 2 aromatic rings. The van der Waals surface area contributed by atoms with Crippen LogP contribution in [0.4, 0.5) is 0 Å². The molecule has 0 saturated heterocycles. The van der Waals surface area contributed by atoms with Crippen molar-refractivity contribution in [3.63, 3.8) is 0 Å². The SMILES string of the molecule is COCc1nn(-c2ccc(Cl)c(Cl)c2)c(Cl)c1C#N. The van der Waals surface area contributed by atoms with Crippen LogP contribution in [0.25, 0.3) is 5.69 Å². The van der Waals surface area contributed by atoms with Crippen molar-refractivity contribution in [2.75, 3.05) is 7.11 Å². The Balaban J connectivity index is 2.56. The van der Waals surface area contributed by atoms with Crippen LogP contribution in [0, 0.1) is 11.3 Å². The van der Waals surface area contributed by atoms with E-state index in [1.807, 2.05) is 6.07 Å². The fraction of sp³-hybridized carbons (Fsp3) is 0.167. The van der Waals surface area contributed by atoms with Crippen LogP contribution >= 0.6 is 34.8 Å². The van der Waals surface area contributed by atoms with Crippen molar-refractivity contribution in [1.29, 1.82) is 5.26 Å². The molecular formula is C12H8Cl3N3O. The molecule has 98 valence electrons. The lowest BCUT2D eigenvalue weighted by atomic mass is 10.3. The molecule has 0 unspecified atom stereocenters. The van der Waals surface area contributed by atoms with Gasteiger partial charge in [0.2, 0.25) is 0 Å². The molecule has 0 bridgehead atoms. The summed E-state index contributed by atoms with van der Waals surface area (Å²) in [5.41, 5.74) is 1.38. The van der Waals surface area contributed by atoms with Crippen molar-refractivity contribution in [2.24, 2.45) is 0 Å². The second-order valence-electron chi connectivity index (χ2n) is 3.67. The van der Waals surface area contributed by atoms with E-state index >= 15 is 0 Å². The molecule has 0 atom stereocenters. The molecule has 0 N–H and O–H groups in total. The topological polar surface area (TPSA) is 50.8 Å². The summed E-state index contributed by atoms with van der Waals surface area (Å²) in [7, 11) is 1.52. The summed E-state index contributed by atoms with van der Waals surface area (Å²) in [5, 5.41) is 14.4. The highest BCUT2D eigenvalue weighted by Crippen LogP contribution is 2.28. The fourth-order valence-corrected chi connectivity index (χ4v) is 2.15. The van der Waals surface area contributed by atoms with E-state index in [1.165, 1.54) is 11.8 Å². The number of nitrogens with zero attached hydrogens (tertiary/aromatic N) is 3. The minimum atomic E-state index is 0.205. The van der Waals surface area contributed by atoms with Crippen LogP contribution in [-0.4, -0.2) is 16.9 Å². The van der Waals surface area contributed by atoms with E-state index in [9.17, 15) is 0 Å². The van der Waals surface area contributed by atoms with Crippen molar-refractivity contribution in [3.8, 4) is 11.8 Å². The van der Waals surface area contributed by atoms with Gasteiger partial charge < -0.3 is 4.74 Å². The summed E-state index contributed by atoms with van der Waals surface area (Å²) in [6.45, 7) is 0.205. The van der Waals surface area contributed by atoms with E-state index in [0.29, 0.717) is 21.4 Å². The standard InChI is InChI=1S/C12H8Cl3N3O/c1-19-6-11-8(5-16)12(15)18(17-11)7-2-3-9(13)10(14)4-7/h2-4H,6H2,1H3. The highest BCUT2D eigenvalue weighted by Gasteiger charge is 2.17. The average molecular weight is 317 g/mol. The summed E-state index contributed by atoms with van der Waals surface area (Å²) in [4.78, 5) is 0. The van der Waals surface area contributed by atoms with Crippen LogP contribution < -0.4 is 0 Å². The Morgan fingerprint density at radius 2 is 2.05 bits per heavy atom. The molecule has 0 spiro atoms. The van der Waals surface area contributed by atoms with Crippen molar-refractivity contribution >= 4 is 34.8 Å². The van der Waals surface area contributed by atoms with Gasteiger partial charge in [0.1, 0.15) is 17.3 Å². The average Bonchev–Trinajstić information content (AvgIpc) is 2.70. The number of halogens is 3. The van der Waals surface area contributed by atoms with Crippen LogP contribution in [-0.2, 0) is 11.3 Å². The molecule has 19 heavy (non-hydrogen) atoms. The first-order chi connectivity index (χ1) is 9.08. The van der Waals surface area contributed by atoms with E-state index in [-0.39, 0.29) is 17.3 Å². The van der Waals surface area contributed by atoms with E-state index in [4.69, 9.17) is 44.8 Å². The molecule has 0 fully saturated rings. The molecule has 0 aliphatic rings. The Morgan fingerprint density at radius 3 is 2.63 bits per heavy atom. The van der Waals surface area contributed by atoms with E-state index in [0.717, 1.165) is 0 Å². The van der Waals surface area contributed by atoms with E-state index < -0.39 is 0 Å². The molecule has 0 radical (unpaired) electrons. The predicted octanol–water partition coefficient (Wildman–Crippen LogP) is 3.85. The summed E-state index contributed by atoms with van der Waals surface area (Å²) in [6, 6.07) is 6.99. The third-order valence-electron chi connectivity index (χ3n) is 2.44. The van der Waals surface area contributed by atoms with Crippen molar-refractivity contribution in [1.82, 2.24) is 9.78 Å². The summed E-state index contributed by atoms with van der Waals surface area (Å²) < 4.78 is 6.41. The first kappa shape index (κ1) is 14.2. The normalized spacial score (nSPS) is 10.5. The largest absolute Gasteiger partial charge is 0.378 e. The first-order valence-electron chi connectivity index (χ1n) is 5.20. The molecule has 7 heteroatoms. The van der Waals surface area contributed by atoms with E-state index in [2.05, 4.69) is 5.10 Å². The smallest absolute Gasteiger partial charge is 0.151 e. The van der Waals surface area contributed by atoms with Gasteiger partial charge in [-0.25, -0.2) is 4.68 Å². The van der Waals surface area contributed by atoms with Crippen LogP contribution in [0.15, 0.2) is 18.2 Å². The van der Waals surface area contributed by atoms with Crippen LogP contribution in [0.2, 0.25) is 15.2 Å². The molecule has 2 rings (SSSR count). The lowest BCUT2D eigenvalue weighted by Gasteiger charge is -2.04. The number of ether oxygens (including phenoxy) is 1. The van der Waals surface area contributed by atoms with Gasteiger partial charge >= 0.3 is 0 Å². The quantitative estimate of drug-likeness (QED) is 0.864. The second kappa shape index (κ2) is 5.81. The molecular weight excluding hydrogens is 309 g/mol. The van der Waals surface area contributed by atoms with Gasteiger partial charge in [0, 0.05) is 7.11 Å². The maximum absolute atomic E-state index is 9.09. The van der Waals surface area contributed by atoms with Gasteiger partial charge in [-0.15, -0.1) is 0 Å². The van der Waals surface area contributed by atoms with Gasteiger partial charge in [-0.05, 0) is 18.2 Å². The van der Waals surface area contributed by atoms with Gasteiger partial charge in [-0.1, -0.05) is 34.8 Å². The Morgan fingerprint density at radius 1 is 1.32 bits per heavy atom. The monoisotopic (exact) mass is 315 g/mol. The maximum atomic E-state index is 9.09. The minimum absolute atomic E-state index is 0.205. The molecule has 0 amide bonds. The molecule has 0 saturated carbocycles. The zero-order chi connectivity index (χ0) is 14.0. The summed E-state index contributed by atoms with van der Waals surface area (Å²) >= 11 is 17.9. The highest BCUT2D eigenvalue weighted by molar-refractivity contribution is 6.42. The summed E-state index contributed by atoms with van der Waals surface area (Å²) in [5.74, 6) is 0. The molecule has 0 aliphatic heterocycles. The van der Waals surface area contributed by atoms with Gasteiger partial charge in [-0.2, -0.15) is 10.4 Å². The highest BCUT2D eigenvalue weighted by atomic mass is 35.5. The maximum Gasteiger partial charge on any atom is 0.151 e. The Kier molecular flexibility index (Phi) is 4.33. The summed E-state index contributed by atoms with van der Waals surface area (Å²) in [6.07, 6.45) is 0. The predicted molar refractivity (Wildman–Crippen MR) is 74.0 cm³/mol. The minimum Gasteiger partial charge on any atom is -0.378 e. The third kappa shape index (κ3) is 2.70. The first-order valence-corrected chi connectivity index (χ1v) is 6.33. The molecule has 0 aliphatic carbocycles. The number of hydrogen-bond acceptors (Lipinski definition) is 3. The molecule has 1 aromatic carbocycles. The molecule has 1 aromatic heterocycles.